The number of hydrogen-bond acceptors (Lipinski definition) is 6. The van der Waals surface area contributed by atoms with Crippen molar-refractivity contribution in [2.45, 2.75) is 6.92 Å². The predicted molar refractivity (Wildman–Crippen MR) is 183 cm³/mol. The number of benzene rings is 4. The molecule has 48 heavy (non-hydrogen) atoms. The average Bonchev–Trinajstić information content (AvgIpc) is 3.67. The number of fused-ring (bicyclic) bond motifs is 2. The number of aliphatic carboxylic acids is 1. The summed E-state index contributed by atoms with van der Waals surface area (Å²) in [6.07, 6.45) is 7.54. The van der Waals surface area contributed by atoms with Crippen LogP contribution in [0.5, 0.6) is 0 Å². The van der Waals surface area contributed by atoms with Gasteiger partial charge in [0, 0.05) is 54.7 Å². The number of aliphatic imine (C=N–C) groups is 2. The molecule has 0 saturated carbocycles. The molecule has 14 heteroatoms. The number of hydrogen-bond donors (Lipinski definition) is 4. The number of amides is 2. The highest BCUT2D eigenvalue weighted by Crippen LogP contribution is 2.29. The van der Waals surface area contributed by atoms with Crippen molar-refractivity contribution in [2.24, 2.45) is 47.0 Å². The summed E-state index contributed by atoms with van der Waals surface area (Å²) >= 11 is 0. The largest absolute Gasteiger partial charge is 0.550 e. The van der Waals surface area contributed by atoms with Crippen molar-refractivity contribution in [2.75, 3.05) is 0 Å². The van der Waals surface area contributed by atoms with Crippen LogP contribution in [0.2, 0.25) is 0 Å². The Morgan fingerprint density at radius 1 is 0.646 bits per heavy atom. The minimum absolute atomic E-state index is 0.239. The molecule has 2 heterocycles. The summed E-state index contributed by atoms with van der Waals surface area (Å²) in [5.74, 6) is -2.46. The van der Waals surface area contributed by atoms with E-state index in [0.717, 1.165) is 50.7 Å². The molecule has 0 bridgehead atoms. The van der Waals surface area contributed by atoms with Crippen LogP contribution in [0.4, 0.5) is 0 Å². The third-order valence-corrected chi connectivity index (χ3v) is 6.73. The van der Waals surface area contributed by atoms with Gasteiger partial charge in [-0.1, -0.05) is 42.5 Å². The summed E-state index contributed by atoms with van der Waals surface area (Å²) in [5.41, 5.74) is 26.1. The van der Waals surface area contributed by atoms with E-state index in [2.05, 4.69) is 26.2 Å². The van der Waals surface area contributed by atoms with E-state index < -0.39 is 17.8 Å². The minimum atomic E-state index is -1.08. The van der Waals surface area contributed by atoms with Gasteiger partial charge in [0.25, 0.3) is 11.8 Å². The van der Waals surface area contributed by atoms with Crippen LogP contribution >= 0.6 is 0 Å². The topological polar surface area (TPSA) is 239 Å². The summed E-state index contributed by atoms with van der Waals surface area (Å²) in [6, 6.07) is 22.7. The molecule has 8 N–H and O–H groups in total. The van der Waals surface area contributed by atoms with Gasteiger partial charge in [0.2, 0.25) is 0 Å². The van der Waals surface area contributed by atoms with Crippen molar-refractivity contribution in [3.05, 3.63) is 109 Å². The molecule has 0 aliphatic rings. The maximum Gasteiger partial charge on any atom is 0.280 e. The number of aromatic nitrogens is 4. The zero-order chi connectivity index (χ0) is 35.0. The third kappa shape index (κ3) is 8.88. The molecule has 0 aliphatic carbocycles. The number of aryl methyl sites for hydroxylation is 2. The number of guanidine groups is 2. The van der Waals surface area contributed by atoms with E-state index in [1.165, 1.54) is 0 Å². The number of nitrogens with zero attached hydrogens (tertiary/aromatic N) is 6. The summed E-state index contributed by atoms with van der Waals surface area (Å²) in [4.78, 5) is 39.7. The van der Waals surface area contributed by atoms with Gasteiger partial charge in [0.1, 0.15) is 0 Å². The quantitative estimate of drug-likeness (QED) is 0.161. The predicted octanol–water partition coefficient (Wildman–Crippen LogP) is 2.06. The second-order valence-electron chi connectivity index (χ2n) is 10.5. The minimum Gasteiger partial charge on any atom is -0.550 e. The standard InChI is InChI=1S/2C16H15N5O.C2H4O2/c1-21-9-14(8-19-21)12-3-2-11-7-13(5-4-10(11)6-12)15(22)20-16(17)18;1-21-9-12(8-19-21)13-4-2-3-10-7-11(5-6-14(10)13)15(22)20-16(17)18;1-2(3)4/h2*2-9H,1H3,(H4,17,18,20,22);1H3,(H,3,4)/p-1. The van der Waals surface area contributed by atoms with Crippen LogP contribution in [0.3, 0.4) is 0 Å². The average molecular weight is 646 g/mol. The molecule has 0 fully saturated rings. The normalized spacial score (nSPS) is 10.2. The van der Waals surface area contributed by atoms with Crippen LogP contribution in [-0.4, -0.2) is 49.3 Å². The summed E-state index contributed by atoms with van der Waals surface area (Å²) in [5, 5.41) is 21.2. The molecular formula is C34H33N10O4-. The highest BCUT2D eigenvalue weighted by Gasteiger charge is 2.10. The first-order valence-corrected chi connectivity index (χ1v) is 14.3. The molecule has 0 saturated heterocycles. The summed E-state index contributed by atoms with van der Waals surface area (Å²) in [6.45, 7) is 0.972. The number of carboxylic acid groups (broad SMARTS) is 1. The summed E-state index contributed by atoms with van der Waals surface area (Å²) in [7, 11) is 3.76. The number of rotatable bonds is 4. The van der Waals surface area contributed by atoms with Crippen LogP contribution in [0.25, 0.3) is 43.8 Å². The first kappa shape index (κ1) is 34.1. The van der Waals surface area contributed by atoms with E-state index in [1.807, 2.05) is 81.3 Å². The van der Waals surface area contributed by atoms with Crippen LogP contribution in [-0.2, 0) is 18.9 Å². The van der Waals surface area contributed by atoms with Gasteiger partial charge >= 0.3 is 0 Å². The first-order valence-electron chi connectivity index (χ1n) is 14.3. The number of carbonyl (C=O) groups excluding carboxylic acids is 3. The lowest BCUT2D eigenvalue weighted by atomic mass is 9.99. The van der Waals surface area contributed by atoms with Crippen LogP contribution in [0.1, 0.15) is 27.6 Å². The van der Waals surface area contributed by atoms with Crippen LogP contribution in [0.15, 0.2) is 108 Å². The Hall–Kier alpha value is -6.83. The van der Waals surface area contributed by atoms with Crippen molar-refractivity contribution in [1.82, 2.24) is 19.6 Å². The van der Waals surface area contributed by atoms with E-state index in [9.17, 15) is 9.59 Å². The zero-order valence-electron chi connectivity index (χ0n) is 26.4. The molecule has 4 aromatic carbocycles. The molecule has 0 spiro atoms. The molecule has 0 radical (unpaired) electrons. The van der Waals surface area contributed by atoms with Crippen LogP contribution < -0.4 is 28.0 Å². The lowest BCUT2D eigenvalue weighted by Crippen LogP contribution is -2.24. The van der Waals surface area contributed by atoms with Crippen LogP contribution in [0, 0.1) is 0 Å². The van der Waals surface area contributed by atoms with Crippen molar-refractivity contribution < 1.29 is 19.5 Å². The van der Waals surface area contributed by atoms with Gasteiger partial charge in [-0.05, 0) is 69.9 Å². The van der Waals surface area contributed by atoms with E-state index in [4.69, 9.17) is 32.8 Å². The summed E-state index contributed by atoms with van der Waals surface area (Å²) < 4.78 is 3.52. The van der Waals surface area contributed by atoms with Crippen molar-refractivity contribution in [3.8, 4) is 22.3 Å². The Kier molecular flexibility index (Phi) is 10.6. The fraction of sp³-hybridized carbons (Fsp3) is 0.0882. The Morgan fingerprint density at radius 3 is 1.69 bits per heavy atom. The Labute approximate surface area is 275 Å². The second-order valence-corrected chi connectivity index (χ2v) is 10.5. The lowest BCUT2D eigenvalue weighted by Gasteiger charge is -2.06. The monoisotopic (exact) mass is 645 g/mol. The van der Waals surface area contributed by atoms with Gasteiger partial charge in [-0.25, -0.2) is 0 Å². The number of nitrogens with two attached hydrogens (primary N) is 4. The SMILES string of the molecule is CC(=O)[O-].Cn1cc(-c2ccc3cc(C(=O)N=C(N)N)ccc3c2)cn1.Cn1cc(-c2cccc3cc(C(=O)N=C(N)N)ccc23)cn1. The number of carboxylic acids is 1. The molecule has 2 aromatic heterocycles. The maximum atomic E-state index is 11.9. The van der Waals surface area contributed by atoms with Gasteiger partial charge in [-0.3, -0.25) is 19.0 Å². The smallest absolute Gasteiger partial charge is 0.280 e. The van der Waals surface area contributed by atoms with E-state index in [-0.39, 0.29) is 11.9 Å². The third-order valence-electron chi connectivity index (χ3n) is 6.73. The lowest BCUT2D eigenvalue weighted by molar-refractivity contribution is -0.302. The molecule has 6 aromatic rings. The molecule has 14 nitrogen and oxygen atoms in total. The van der Waals surface area contributed by atoms with E-state index in [1.54, 1.807) is 33.6 Å². The molecule has 0 aliphatic heterocycles. The maximum absolute atomic E-state index is 11.9. The molecule has 6 rings (SSSR count). The molecule has 2 amide bonds. The van der Waals surface area contributed by atoms with Gasteiger partial charge < -0.3 is 32.8 Å². The highest BCUT2D eigenvalue weighted by atomic mass is 16.4. The van der Waals surface area contributed by atoms with Crippen molar-refractivity contribution >= 4 is 51.2 Å². The second kappa shape index (κ2) is 15.0. The molecule has 244 valence electrons. The van der Waals surface area contributed by atoms with Crippen molar-refractivity contribution in [3.63, 3.8) is 0 Å². The Bertz CT molecular complexity index is 2190. The fourth-order valence-electron chi connectivity index (χ4n) is 4.72. The van der Waals surface area contributed by atoms with Gasteiger partial charge in [0.05, 0.1) is 12.4 Å². The Morgan fingerprint density at radius 2 is 1.15 bits per heavy atom. The Balaban J connectivity index is 0.000000195. The van der Waals surface area contributed by atoms with Gasteiger partial charge in [0.15, 0.2) is 11.9 Å². The van der Waals surface area contributed by atoms with Gasteiger partial charge in [-0.15, -0.1) is 0 Å². The van der Waals surface area contributed by atoms with Crippen molar-refractivity contribution in [1.29, 1.82) is 0 Å². The highest BCUT2D eigenvalue weighted by molar-refractivity contribution is 6.06. The van der Waals surface area contributed by atoms with Gasteiger partial charge in [-0.2, -0.15) is 20.2 Å². The molecule has 0 unspecified atom stereocenters. The number of carbonyl (C=O) groups is 3. The van der Waals surface area contributed by atoms with E-state index >= 15 is 0 Å². The first-order chi connectivity index (χ1) is 22.8. The van der Waals surface area contributed by atoms with E-state index in [0.29, 0.717) is 11.1 Å². The fourth-order valence-corrected chi connectivity index (χ4v) is 4.72. The molecular weight excluding hydrogens is 612 g/mol. The molecule has 0 atom stereocenters. The zero-order valence-corrected chi connectivity index (χ0v) is 26.4.